The van der Waals surface area contributed by atoms with Crippen molar-refractivity contribution in [3.05, 3.63) is 76.7 Å². The van der Waals surface area contributed by atoms with Gasteiger partial charge in [0.05, 0.1) is 16.0 Å². The summed E-state index contributed by atoms with van der Waals surface area (Å²) in [4.78, 5) is 49.3. The second kappa shape index (κ2) is 5.21. The van der Waals surface area contributed by atoms with E-state index in [1.54, 1.807) is 0 Å². The van der Waals surface area contributed by atoms with Gasteiger partial charge in [-0.25, -0.2) is 0 Å². The minimum Gasteiger partial charge on any atom is -0.316 e. The number of nitrogens with one attached hydrogen (secondary N) is 2. The number of fused-ring (bicyclic) bond motifs is 1. The molecule has 0 unspecified atom stereocenters. The number of rotatable bonds is 2. The van der Waals surface area contributed by atoms with Crippen molar-refractivity contribution in [1.82, 2.24) is 14.5 Å². The van der Waals surface area contributed by atoms with Gasteiger partial charge in [-0.3, -0.25) is 24.5 Å². The molecule has 10 heteroatoms. The first-order valence-electron chi connectivity index (χ1n) is 6.20. The molecule has 0 bridgehead atoms. The van der Waals surface area contributed by atoms with Crippen LogP contribution in [0.5, 0.6) is 0 Å². The molecule has 2 N–H and O–H groups in total. The van der Waals surface area contributed by atoms with Gasteiger partial charge in [0.2, 0.25) is 0 Å². The number of hydrogen-bond acceptors (Lipinski definition) is 5. The summed E-state index contributed by atoms with van der Waals surface area (Å²) in [7, 11) is 0. The first-order valence-corrected chi connectivity index (χ1v) is 6.57. The van der Waals surface area contributed by atoms with Crippen molar-refractivity contribution in [2.75, 3.05) is 0 Å². The molecule has 2 aromatic heterocycles. The minimum absolute atomic E-state index is 0.0760. The standard InChI is InChI=1S/C13H7ClN4O5/c14-6-5-17(2-1-11(6)19)9-3-7-8(4-10(9)18(22)23)16-13(21)12(20)15-7/h1-5H,(H,15,20)(H,16,21). The van der Waals surface area contributed by atoms with Gasteiger partial charge in [-0.15, -0.1) is 0 Å². The van der Waals surface area contributed by atoms with Crippen LogP contribution in [-0.4, -0.2) is 19.5 Å². The Kier molecular flexibility index (Phi) is 3.34. The molecule has 0 aliphatic carbocycles. The lowest BCUT2D eigenvalue weighted by Crippen LogP contribution is -2.29. The zero-order valence-electron chi connectivity index (χ0n) is 11.2. The monoisotopic (exact) mass is 334 g/mol. The van der Waals surface area contributed by atoms with E-state index in [0.29, 0.717) is 0 Å². The largest absolute Gasteiger partial charge is 0.316 e. The van der Waals surface area contributed by atoms with Crippen molar-refractivity contribution in [3.8, 4) is 5.69 Å². The molecule has 0 saturated carbocycles. The van der Waals surface area contributed by atoms with Crippen LogP contribution in [-0.2, 0) is 0 Å². The van der Waals surface area contributed by atoms with Crippen LogP contribution in [0.4, 0.5) is 5.69 Å². The lowest BCUT2D eigenvalue weighted by Gasteiger charge is -2.09. The number of nitrogens with zero attached hydrogens (tertiary/aromatic N) is 2. The predicted octanol–water partition coefficient (Wildman–Crippen LogP) is 0.929. The van der Waals surface area contributed by atoms with Crippen LogP contribution in [0.15, 0.2) is 45.0 Å². The number of aromatic amines is 2. The highest BCUT2D eigenvalue weighted by molar-refractivity contribution is 6.30. The van der Waals surface area contributed by atoms with Crippen LogP contribution < -0.4 is 16.5 Å². The maximum atomic E-state index is 11.4. The number of nitro benzene ring substituents is 1. The molecular formula is C13H7ClN4O5. The average Bonchev–Trinajstić information content (AvgIpc) is 2.50. The van der Waals surface area contributed by atoms with Gasteiger partial charge in [-0.1, -0.05) is 11.6 Å². The Morgan fingerprint density at radius 3 is 2.26 bits per heavy atom. The summed E-state index contributed by atoms with van der Waals surface area (Å²) >= 11 is 5.75. The van der Waals surface area contributed by atoms with Crippen molar-refractivity contribution < 1.29 is 4.92 Å². The molecule has 0 saturated heterocycles. The zero-order valence-corrected chi connectivity index (χ0v) is 12.0. The van der Waals surface area contributed by atoms with Crippen LogP contribution in [0.1, 0.15) is 0 Å². The van der Waals surface area contributed by atoms with E-state index in [0.717, 1.165) is 12.1 Å². The second-order valence-electron chi connectivity index (χ2n) is 4.62. The maximum Gasteiger partial charge on any atom is 0.314 e. The van der Waals surface area contributed by atoms with E-state index in [4.69, 9.17) is 11.6 Å². The fraction of sp³-hybridized carbons (Fsp3) is 0. The third-order valence-electron chi connectivity index (χ3n) is 3.17. The first kappa shape index (κ1) is 14.7. The number of aromatic nitrogens is 3. The molecule has 1 aromatic carbocycles. The number of halogens is 1. The predicted molar refractivity (Wildman–Crippen MR) is 82.5 cm³/mol. The molecule has 0 spiro atoms. The van der Waals surface area contributed by atoms with Gasteiger partial charge in [0.15, 0.2) is 5.43 Å². The molecule has 3 rings (SSSR count). The summed E-state index contributed by atoms with van der Waals surface area (Å²) in [6.45, 7) is 0. The number of pyridine rings is 1. The molecule has 9 nitrogen and oxygen atoms in total. The van der Waals surface area contributed by atoms with Crippen molar-refractivity contribution in [1.29, 1.82) is 0 Å². The van der Waals surface area contributed by atoms with E-state index in [-0.39, 0.29) is 27.4 Å². The molecule has 0 aliphatic rings. The molecule has 0 atom stereocenters. The van der Waals surface area contributed by atoms with Gasteiger partial charge in [0, 0.05) is 24.5 Å². The SMILES string of the molecule is O=c1ccn(-c2cc3[nH]c(=O)c(=O)[nH]c3cc2[N+](=O)[O-])cc1Cl. The Balaban J connectivity index is 2.40. The molecule has 116 valence electrons. The van der Waals surface area contributed by atoms with Gasteiger partial charge in [0.25, 0.3) is 5.69 Å². The molecule has 0 aliphatic heterocycles. The average molecular weight is 335 g/mol. The summed E-state index contributed by atoms with van der Waals surface area (Å²) in [5.41, 5.74) is -2.17. The highest BCUT2D eigenvalue weighted by Gasteiger charge is 2.18. The number of benzene rings is 1. The van der Waals surface area contributed by atoms with Crippen LogP contribution in [0, 0.1) is 10.1 Å². The van der Waals surface area contributed by atoms with Crippen molar-refractivity contribution >= 4 is 28.3 Å². The molecule has 2 heterocycles. The number of H-pyrrole nitrogens is 2. The van der Waals surface area contributed by atoms with E-state index < -0.39 is 21.5 Å². The highest BCUT2D eigenvalue weighted by Crippen LogP contribution is 2.26. The van der Waals surface area contributed by atoms with Gasteiger partial charge in [-0.05, 0) is 6.07 Å². The Morgan fingerprint density at radius 1 is 1.09 bits per heavy atom. The highest BCUT2D eigenvalue weighted by atomic mass is 35.5. The van der Waals surface area contributed by atoms with Gasteiger partial charge >= 0.3 is 11.1 Å². The normalized spacial score (nSPS) is 10.8. The first-order chi connectivity index (χ1) is 10.9. The third-order valence-corrected chi connectivity index (χ3v) is 3.45. The summed E-state index contributed by atoms with van der Waals surface area (Å²) in [5, 5.41) is 11.2. The molecule has 0 radical (unpaired) electrons. The van der Waals surface area contributed by atoms with Crippen LogP contribution in [0.3, 0.4) is 0 Å². The van der Waals surface area contributed by atoms with E-state index in [1.165, 1.54) is 23.0 Å². The quantitative estimate of drug-likeness (QED) is 0.409. The summed E-state index contributed by atoms with van der Waals surface area (Å²) in [6.07, 6.45) is 2.54. The van der Waals surface area contributed by atoms with E-state index in [2.05, 4.69) is 9.97 Å². The Morgan fingerprint density at radius 2 is 1.70 bits per heavy atom. The minimum atomic E-state index is -0.911. The van der Waals surface area contributed by atoms with E-state index >= 15 is 0 Å². The molecule has 23 heavy (non-hydrogen) atoms. The van der Waals surface area contributed by atoms with Gasteiger partial charge in [0.1, 0.15) is 10.7 Å². The van der Waals surface area contributed by atoms with Gasteiger partial charge in [-0.2, -0.15) is 0 Å². The topological polar surface area (TPSA) is 131 Å². The third kappa shape index (κ3) is 2.53. The van der Waals surface area contributed by atoms with Crippen molar-refractivity contribution in [3.63, 3.8) is 0 Å². The van der Waals surface area contributed by atoms with E-state index in [9.17, 15) is 24.5 Å². The zero-order chi connectivity index (χ0) is 16.7. The maximum absolute atomic E-state index is 11.4. The van der Waals surface area contributed by atoms with Crippen molar-refractivity contribution in [2.24, 2.45) is 0 Å². The van der Waals surface area contributed by atoms with Crippen LogP contribution in [0.2, 0.25) is 5.02 Å². The lowest BCUT2D eigenvalue weighted by atomic mass is 10.2. The molecular weight excluding hydrogens is 328 g/mol. The molecule has 0 amide bonds. The second-order valence-corrected chi connectivity index (χ2v) is 5.02. The lowest BCUT2D eigenvalue weighted by molar-refractivity contribution is -0.384. The van der Waals surface area contributed by atoms with Crippen LogP contribution >= 0.6 is 11.6 Å². The van der Waals surface area contributed by atoms with Crippen molar-refractivity contribution in [2.45, 2.75) is 0 Å². The fourth-order valence-electron chi connectivity index (χ4n) is 2.10. The Labute approximate surface area is 130 Å². The fourth-order valence-corrected chi connectivity index (χ4v) is 2.27. The van der Waals surface area contributed by atoms with E-state index in [1.807, 2.05) is 0 Å². The molecule has 0 fully saturated rings. The smallest absolute Gasteiger partial charge is 0.314 e. The number of hydrogen-bond donors (Lipinski definition) is 2. The summed E-state index contributed by atoms with van der Waals surface area (Å²) in [6, 6.07) is 3.59. The summed E-state index contributed by atoms with van der Waals surface area (Å²) in [5.74, 6) is 0. The van der Waals surface area contributed by atoms with Crippen LogP contribution in [0.25, 0.3) is 16.7 Å². The summed E-state index contributed by atoms with van der Waals surface area (Å²) < 4.78 is 1.28. The number of nitro groups is 1. The molecule has 3 aromatic rings. The van der Waals surface area contributed by atoms with Gasteiger partial charge < -0.3 is 14.5 Å². The Bertz CT molecular complexity index is 1130. The Hall–Kier alpha value is -3.20.